The largest absolute Gasteiger partial charge is 0.444 e. The molecule has 3 heterocycles. The molecule has 0 aromatic carbocycles. The third-order valence-electron chi connectivity index (χ3n) is 4.01. The lowest BCUT2D eigenvalue weighted by Crippen LogP contribution is -2.42. The maximum Gasteiger partial charge on any atom is 0.410 e. The highest BCUT2D eigenvalue weighted by Crippen LogP contribution is 2.31. The Kier molecular flexibility index (Phi) is 4.36. The Bertz CT molecular complexity index is 720. The van der Waals surface area contributed by atoms with Crippen LogP contribution in [-0.4, -0.2) is 39.7 Å². The van der Waals surface area contributed by atoms with Gasteiger partial charge >= 0.3 is 6.09 Å². The van der Waals surface area contributed by atoms with E-state index in [0.29, 0.717) is 6.54 Å². The summed E-state index contributed by atoms with van der Waals surface area (Å²) in [4.78, 5) is 21.9. The Morgan fingerprint density at radius 1 is 1.48 bits per heavy atom. The number of H-pyrrole nitrogens is 1. The lowest BCUT2D eigenvalue weighted by Gasteiger charge is -2.33. The van der Waals surface area contributed by atoms with Crippen LogP contribution >= 0.6 is 15.9 Å². The molecule has 1 N–H and O–H groups in total. The van der Waals surface area contributed by atoms with Crippen LogP contribution in [0.15, 0.2) is 22.8 Å². The lowest BCUT2D eigenvalue weighted by molar-refractivity contribution is 0.0197. The molecule has 124 valence electrons. The minimum Gasteiger partial charge on any atom is -0.444 e. The Hall–Kier alpha value is -1.56. The number of nitrogens with one attached hydrogen (secondary N) is 1. The molecule has 1 fully saturated rings. The van der Waals surface area contributed by atoms with Gasteiger partial charge in [-0.2, -0.15) is 0 Å². The predicted octanol–water partition coefficient (Wildman–Crippen LogP) is 4.44. The highest BCUT2D eigenvalue weighted by atomic mass is 79.9. The van der Waals surface area contributed by atoms with Crippen molar-refractivity contribution in [1.82, 2.24) is 14.9 Å². The molecule has 1 aliphatic heterocycles. The summed E-state index contributed by atoms with van der Waals surface area (Å²) in [6, 6.07) is 4.07. The molecule has 3 rings (SSSR count). The van der Waals surface area contributed by atoms with Crippen LogP contribution in [0.1, 0.15) is 45.2 Å². The third kappa shape index (κ3) is 3.68. The minimum atomic E-state index is -0.458. The van der Waals surface area contributed by atoms with Crippen LogP contribution in [0.25, 0.3) is 11.0 Å². The fraction of sp³-hybridized carbons (Fsp3) is 0.529. The first-order valence-electron chi connectivity index (χ1n) is 7.94. The molecule has 1 atom stereocenters. The Morgan fingerprint density at radius 2 is 2.26 bits per heavy atom. The first-order valence-corrected chi connectivity index (χ1v) is 8.74. The first kappa shape index (κ1) is 16.3. The Labute approximate surface area is 144 Å². The molecule has 0 spiro atoms. The van der Waals surface area contributed by atoms with Crippen LogP contribution in [0.4, 0.5) is 4.79 Å². The second kappa shape index (κ2) is 6.15. The topological polar surface area (TPSA) is 58.2 Å². The number of halogens is 1. The van der Waals surface area contributed by atoms with E-state index in [1.807, 2.05) is 31.7 Å². The number of hydrogen-bond acceptors (Lipinski definition) is 3. The van der Waals surface area contributed by atoms with Gasteiger partial charge in [-0.15, -0.1) is 0 Å². The molecule has 1 amide bonds. The van der Waals surface area contributed by atoms with E-state index in [2.05, 4.69) is 32.0 Å². The number of ether oxygens (including phenoxy) is 1. The normalized spacial score (nSPS) is 19.1. The van der Waals surface area contributed by atoms with Crippen molar-refractivity contribution in [2.24, 2.45) is 0 Å². The number of carbonyl (C=O) groups is 1. The van der Waals surface area contributed by atoms with E-state index in [9.17, 15) is 4.79 Å². The summed E-state index contributed by atoms with van der Waals surface area (Å²) in [7, 11) is 0. The number of fused-ring (bicyclic) bond motifs is 1. The van der Waals surface area contributed by atoms with Gasteiger partial charge in [0.2, 0.25) is 0 Å². The van der Waals surface area contributed by atoms with Crippen molar-refractivity contribution in [1.29, 1.82) is 0 Å². The van der Waals surface area contributed by atoms with Crippen LogP contribution in [-0.2, 0) is 4.74 Å². The molecule has 0 radical (unpaired) electrons. The summed E-state index contributed by atoms with van der Waals surface area (Å²) in [5.41, 5.74) is 1.55. The van der Waals surface area contributed by atoms with E-state index in [4.69, 9.17) is 4.74 Å². The van der Waals surface area contributed by atoms with Gasteiger partial charge in [-0.3, -0.25) is 0 Å². The number of hydrogen-bond donors (Lipinski definition) is 1. The van der Waals surface area contributed by atoms with Gasteiger partial charge in [0.1, 0.15) is 11.2 Å². The molecule has 0 bridgehead atoms. The summed E-state index contributed by atoms with van der Waals surface area (Å²) in [6.07, 6.45) is 3.59. The second-order valence-electron chi connectivity index (χ2n) is 7.05. The fourth-order valence-corrected chi connectivity index (χ4v) is 3.38. The summed E-state index contributed by atoms with van der Waals surface area (Å²) in [6.45, 7) is 7.13. The van der Waals surface area contributed by atoms with Crippen molar-refractivity contribution in [3.05, 3.63) is 28.5 Å². The van der Waals surface area contributed by atoms with Crippen LogP contribution < -0.4 is 0 Å². The SMILES string of the molecule is CC(C)(C)OC(=O)N1CCCC(c2cc3c(Br)ccnc3[nH]2)C1. The van der Waals surface area contributed by atoms with E-state index in [-0.39, 0.29) is 12.0 Å². The summed E-state index contributed by atoms with van der Waals surface area (Å²) >= 11 is 3.56. The molecule has 0 aliphatic carbocycles. The zero-order chi connectivity index (χ0) is 16.6. The van der Waals surface area contributed by atoms with Gasteiger partial charge in [0, 0.05) is 40.8 Å². The molecule has 1 aliphatic rings. The minimum absolute atomic E-state index is 0.224. The van der Waals surface area contributed by atoms with Crippen molar-refractivity contribution in [3.63, 3.8) is 0 Å². The van der Waals surface area contributed by atoms with Gasteiger partial charge in [0.25, 0.3) is 0 Å². The van der Waals surface area contributed by atoms with Crippen LogP contribution in [0.5, 0.6) is 0 Å². The van der Waals surface area contributed by atoms with Crippen LogP contribution in [0.2, 0.25) is 0 Å². The van der Waals surface area contributed by atoms with E-state index < -0.39 is 5.60 Å². The van der Waals surface area contributed by atoms with Gasteiger partial charge in [0.15, 0.2) is 0 Å². The zero-order valence-corrected chi connectivity index (χ0v) is 15.3. The lowest BCUT2D eigenvalue weighted by atomic mass is 9.95. The van der Waals surface area contributed by atoms with Crippen molar-refractivity contribution in [2.75, 3.05) is 13.1 Å². The zero-order valence-electron chi connectivity index (χ0n) is 13.7. The maximum absolute atomic E-state index is 12.3. The number of carbonyl (C=O) groups excluding carboxylic acids is 1. The van der Waals surface area contributed by atoms with Gasteiger partial charge in [-0.05, 0) is 61.7 Å². The van der Waals surface area contributed by atoms with E-state index >= 15 is 0 Å². The molecule has 5 nitrogen and oxygen atoms in total. The monoisotopic (exact) mass is 379 g/mol. The molecular formula is C17H22BrN3O2. The Morgan fingerprint density at radius 3 is 2.96 bits per heavy atom. The number of nitrogens with zero attached hydrogens (tertiary/aromatic N) is 2. The third-order valence-corrected chi connectivity index (χ3v) is 4.70. The van der Waals surface area contributed by atoms with Gasteiger partial charge in [-0.1, -0.05) is 0 Å². The maximum atomic E-state index is 12.3. The van der Waals surface area contributed by atoms with E-state index in [0.717, 1.165) is 40.6 Å². The van der Waals surface area contributed by atoms with Crippen molar-refractivity contribution < 1.29 is 9.53 Å². The Balaban J connectivity index is 1.77. The number of pyridine rings is 1. The highest BCUT2D eigenvalue weighted by Gasteiger charge is 2.29. The highest BCUT2D eigenvalue weighted by molar-refractivity contribution is 9.10. The smallest absolute Gasteiger partial charge is 0.410 e. The molecule has 23 heavy (non-hydrogen) atoms. The number of aromatic nitrogens is 2. The van der Waals surface area contributed by atoms with Gasteiger partial charge in [-0.25, -0.2) is 9.78 Å². The number of piperidine rings is 1. The summed E-state index contributed by atoms with van der Waals surface area (Å²) < 4.78 is 6.53. The van der Waals surface area contributed by atoms with Gasteiger partial charge in [0.05, 0.1) is 0 Å². The van der Waals surface area contributed by atoms with Crippen molar-refractivity contribution >= 4 is 33.1 Å². The van der Waals surface area contributed by atoms with Crippen LogP contribution in [0, 0.1) is 0 Å². The fourth-order valence-electron chi connectivity index (χ4n) is 2.96. The number of likely N-dealkylation sites (tertiary alicyclic amines) is 1. The van der Waals surface area contributed by atoms with Gasteiger partial charge < -0.3 is 14.6 Å². The van der Waals surface area contributed by atoms with E-state index in [1.54, 1.807) is 6.20 Å². The second-order valence-corrected chi connectivity index (χ2v) is 7.90. The number of amides is 1. The summed E-state index contributed by atoms with van der Waals surface area (Å²) in [5.74, 6) is 0.289. The van der Waals surface area contributed by atoms with E-state index in [1.165, 1.54) is 0 Å². The molecule has 2 aromatic rings. The average Bonchev–Trinajstić information content (AvgIpc) is 2.91. The molecule has 1 saturated heterocycles. The quantitative estimate of drug-likeness (QED) is 0.796. The predicted molar refractivity (Wildman–Crippen MR) is 93.6 cm³/mol. The number of aromatic amines is 1. The van der Waals surface area contributed by atoms with Crippen LogP contribution in [0.3, 0.4) is 0 Å². The summed E-state index contributed by atoms with van der Waals surface area (Å²) in [5, 5.41) is 1.08. The molecule has 6 heteroatoms. The molecule has 0 saturated carbocycles. The van der Waals surface area contributed by atoms with Crippen molar-refractivity contribution in [3.8, 4) is 0 Å². The first-order chi connectivity index (χ1) is 10.8. The number of rotatable bonds is 1. The van der Waals surface area contributed by atoms with Crippen molar-refractivity contribution in [2.45, 2.75) is 45.1 Å². The average molecular weight is 380 g/mol. The molecule has 2 aromatic heterocycles. The molecular weight excluding hydrogens is 358 g/mol. The molecule has 1 unspecified atom stereocenters. The standard InChI is InChI=1S/C17H22BrN3O2/c1-17(2,3)23-16(22)21-8-4-5-11(10-21)14-9-12-13(18)6-7-19-15(12)20-14/h6-7,9,11H,4-5,8,10H2,1-3H3,(H,19,20).